The molecule has 0 bridgehead atoms. The Labute approximate surface area is 107 Å². The SMILES string of the molecule is CCC(C)(C)N(C)c1ccc([N+](=O)[O-])c(C#N)c1. The van der Waals surface area contributed by atoms with Gasteiger partial charge in [-0.3, -0.25) is 10.1 Å². The van der Waals surface area contributed by atoms with Crippen LogP contribution in [0.5, 0.6) is 0 Å². The van der Waals surface area contributed by atoms with Crippen LogP contribution in [0, 0.1) is 21.4 Å². The van der Waals surface area contributed by atoms with Gasteiger partial charge in [-0.2, -0.15) is 5.26 Å². The predicted molar refractivity (Wildman–Crippen MR) is 70.6 cm³/mol. The second kappa shape index (κ2) is 5.05. The summed E-state index contributed by atoms with van der Waals surface area (Å²) < 4.78 is 0. The standard InChI is InChI=1S/C13H17N3O2/c1-5-13(2,3)15(4)11-6-7-12(16(17)18)10(8-11)9-14/h6-8H,5H2,1-4H3. The lowest BCUT2D eigenvalue weighted by atomic mass is 9.98. The number of nitro groups is 1. The van der Waals surface area contributed by atoms with Crippen LogP contribution in [-0.4, -0.2) is 17.5 Å². The van der Waals surface area contributed by atoms with Crippen molar-refractivity contribution in [2.75, 3.05) is 11.9 Å². The van der Waals surface area contributed by atoms with Gasteiger partial charge < -0.3 is 4.90 Å². The summed E-state index contributed by atoms with van der Waals surface area (Å²) in [5, 5.41) is 19.7. The van der Waals surface area contributed by atoms with Crippen LogP contribution in [0.3, 0.4) is 0 Å². The van der Waals surface area contributed by atoms with Crippen molar-refractivity contribution in [2.45, 2.75) is 32.7 Å². The maximum absolute atomic E-state index is 10.8. The third-order valence-corrected chi connectivity index (χ3v) is 3.46. The van der Waals surface area contributed by atoms with E-state index in [1.807, 2.05) is 18.0 Å². The van der Waals surface area contributed by atoms with Gasteiger partial charge in [0.05, 0.1) is 4.92 Å². The molecule has 0 saturated heterocycles. The van der Waals surface area contributed by atoms with Crippen molar-refractivity contribution in [3.63, 3.8) is 0 Å². The first-order valence-electron chi connectivity index (χ1n) is 5.76. The van der Waals surface area contributed by atoms with Gasteiger partial charge in [0.2, 0.25) is 0 Å². The van der Waals surface area contributed by atoms with Crippen molar-refractivity contribution in [3.05, 3.63) is 33.9 Å². The second-order valence-electron chi connectivity index (χ2n) is 4.80. The van der Waals surface area contributed by atoms with Crippen LogP contribution in [-0.2, 0) is 0 Å². The molecular weight excluding hydrogens is 230 g/mol. The zero-order chi connectivity index (χ0) is 13.9. The highest BCUT2D eigenvalue weighted by atomic mass is 16.6. The Kier molecular flexibility index (Phi) is 3.92. The fourth-order valence-electron chi connectivity index (χ4n) is 1.57. The lowest BCUT2D eigenvalue weighted by Gasteiger charge is -2.36. The topological polar surface area (TPSA) is 70.2 Å². The highest BCUT2D eigenvalue weighted by Crippen LogP contribution is 2.29. The molecule has 18 heavy (non-hydrogen) atoms. The molecule has 0 aromatic heterocycles. The van der Waals surface area contributed by atoms with Crippen LogP contribution < -0.4 is 4.90 Å². The summed E-state index contributed by atoms with van der Waals surface area (Å²) in [5.41, 5.74) is 0.687. The number of hydrogen-bond donors (Lipinski definition) is 0. The number of hydrogen-bond acceptors (Lipinski definition) is 4. The maximum Gasteiger partial charge on any atom is 0.287 e. The Hall–Kier alpha value is -2.09. The average molecular weight is 247 g/mol. The fraction of sp³-hybridized carbons (Fsp3) is 0.462. The lowest BCUT2D eigenvalue weighted by Crippen LogP contribution is -2.40. The molecule has 0 amide bonds. The van der Waals surface area contributed by atoms with E-state index in [1.54, 1.807) is 12.1 Å². The van der Waals surface area contributed by atoms with Crippen LogP contribution in [0.4, 0.5) is 11.4 Å². The van der Waals surface area contributed by atoms with Crippen molar-refractivity contribution in [1.29, 1.82) is 5.26 Å². The molecule has 0 atom stereocenters. The highest BCUT2D eigenvalue weighted by Gasteiger charge is 2.23. The summed E-state index contributed by atoms with van der Waals surface area (Å²) in [6.45, 7) is 6.24. The van der Waals surface area contributed by atoms with Gasteiger partial charge in [-0.15, -0.1) is 0 Å². The van der Waals surface area contributed by atoms with Crippen molar-refractivity contribution < 1.29 is 4.92 Å². The van der Waals surface area contributed by atoms with Crippen LogP contribution in [0.1, 0.15) is 32.8 Å². The Morgan fingerprint density at radius 3 is 2.56 bits per heavy atom. The van der Waals surface area contributed by atoms with Crippen LogP contribution in [0.15, 0.2) is 18.2 Å². The third-order valence-electron chi connectivity index (χ3n) is 3.46. The Balaban J connectivity index is 3.23. The van der Waals surface area contributed by atoms with Crippen molar-refractivity contribution in [1.82, 2.24) is 0 Å². The molecule has 0 fully saturated rings. The highest BCUT2D eigenvalue weighted by molar-refractivity contribution is 5.60. The van der Waals surface area contributed by atoms with Crippen molar-refractivity contribution in [2.24, 2.45) is 0 Å². The minimum absolute atomic E-state index is 0.0666. The first kappa shape index (κ1) is 14.0. The Morgan fingerprint density at radius 1 is 1.50 bits per heavy atom. The first-order valence-corrected chi connectivity index (χ1v) is 5.76. The average Bonchev–Trinajstić information content (AvgIpc) is 2.36. The maximum atomic E-state index is 10.8. The molecule has 0 radical (unpaired) electrons. The molecule has 96 valence electrons. The Bertz CT molecular complexity index is 503. The normalized spacial score (nSPS) is 10.8. The van der Waals surface area contributed by atoms with Gasteiger partial charge in [0.15, 0.2) is 0 Å². The molecular formula is C13H17N3O2. The number of rotatable bonds is 4. The van der Waals surface area contributed by atoms with Crippen molar-refractivity contribution >= 4 is 11.4 Å². The van der Waals surface area contributed by atoms with Gasteiger partial charge in [0.25, 0.3) is 5.69 Å². The summed E-state index contributed by atoms with van der Waals surface area (Å²) in [6, 6.07) is 6.50. The van der Waals surface area contributed by atoms with Gasteiger partial charge in [0, 0.05) is 24.3 Å². The van der Waals surface area contributed by atoms with Gasteiger partial charge in [-0.25, -0.2) is 0 Å². The van der Waals surface area contributed by atoms with Gasteiger partial charge in [0.1, 0.15) is 11.6 Å². The number of benzene rings is 1. The molecule has 0 aliphatic carbocycles. The minimum Gasteiger partial charge on any atom is -0.369 e. The van der Waals surface area contributed by atoms with E-state index in [-0.39, 0.29) is 16.8 Å². The summed E-state index contributed by atoms with van der Waals surface area (Å²) in [6.07, 6.45) is 0.933. The second-order valence-corrected chi connectivity index (χ2v) is 4.80. The minimum atomic E-state index is -0.534. The zero-order valence-corrected chi connectivity index (χ0v) is 11.1. The summed E-state index contributed by atoms with van der Waals surface area (Å²) in [5.74, 6) is 0. The van der Waals surface area contributed by atoms with Crippen LogP contribution >= 0.6 is 0 Å². The van der Waals surface area contributed by atoms with E-state index in [2.05, 4.69) is 20.8 Å². The molecule has 5 heteroatoms. The third kappa shape index (κ3) is 2.59. The summed E-state index contributed by atoms with van der Waals surface area (Å²) >= 11 is 0. The van der Waals surface area contributed by atoms with E-state index in [4.69, 9.17) is 5.26 Å². The summed E-state index contributed by atoms with van der Waals surface area (Å²) in [7, 11) is 1.92. The Morgan fingerprint density at radius 2 is 2.11 bits per heavy atom. The predicted octanol–water partition coefficient (Wildman–Crippen LogP) is 3.09. The monoisotopic (exact) mass is 247 g/mol. The quantitative estimate of drug-likeness (QED) is 0.605. The molecule has 0 N–H and O–H groups in total. The fourth-order valence-corrected chi connectivity index (χ4v) is 1.57. The van der Waals surface area contributed by atoms with Gasteiger partial charge in [-0.1, -0.05) is 6.92 Å². The molecule has 1 aromatic rings. The molecule has 5 nitrogen and oxygen atoms in total. The van der Waals surface area contributed by atoms with Crippen LogP contribution in [0.2, 0.25) is 0 Å². The molecule has 0 saturated carbocycles. The summed E-state index contributed by atoms with van der Waals surface area (Å²) in [4.78, 5) is 12.2. The van der Waals surface area contributed by atoms with E-state index in [1.165, 1.54) is 6.07 Å². The molecule has 1 rings (SSSR count). The zero-order valence-electron chi connectivity index (χ0n) is 11.1. The molecule has 0 spiro atoms. The van der Waals surface area contributed by atoms with Gasteiger partial charge >= 0.3 is 0 Å². The lowest BCUT2D eigenvalue weighted by molar-refractivity contribution is -0.385. The number of nitrogens with zero attached hydrogens (tertiary/aromatic N) is 3. The largest absolute Gasteiger partial charge is 0.369 e. The molecule has 0 aliphatic heterocycles. The van der Waals surface area contributed by atoms with E-state index >= 15 is 0 Å². The first-order chi connectivity index (χ1) is 8.33. The molecule has 0 heterocycles. The molecule has 1 aromatic carbocycles. The molecule has 0 aliphatic rings. The van der Waals surface area contributed by atoms with E-state index < -0.39 is 4.92 Å². The smallest absolute Gasteiger partial charge is 0.287 e. The molecule has 0 unspecified atom stereocenters. The van der Waals surface area contributed by atoms with Crippen molar-refractivity contribution in [3.8, 4) is 6.07 Å². The van der Waals surface area contributed by atoms with Gasteiger partial charge in [-0.05, 0) is 32.4 Å². The van der Waals surface area contributed by atoms with E-state index in [9.17, 15) is 10.1 Å². The van der Waals surface area contributed by atoms with Crippen LogP contribution in [0.25, 0.3) is 0 Å². The number of nitro benzene ring substituents is 1. The number of nitriles is 1. The van der Waals surface area contributed by atoms with E-state index in [0.29, 0.717) is 0 Å². The number of anilines is 1. The van der Waals surface area contributed by atoms with E-state index in [0.717, 1.165) is 12.1 Å².